The number of hydrogen-bond donors (Lipinski definition) is 0. The molecule has 0 atom stereocenters. The van der Waals surface area contributed by atoms with Gasteiger partial charge in [0.15, 0.2) is 0 Å². The Morgan fingerprint density at radius 1 is 1.40 bits per heavy atom. The monoisotopic (exact) mass is 196 g/mol. The van der Waals surface area contributed by atoms with E-state index < -0.39 is 0 Å². The van der Waals surface area contributed by atoms with Gasteiger partial charge in [-0.1, -0.05) is 6.07 Å². The van der Waals surface area contributed by atoms with Gasteiger partial charge in [-0.3, -0.25) is 0 Å². The molecule has 10 heavy (non-hydrogen) atoms. The summed E-state index contributed by atoms with van der Waals surface area (Å²) in [5.74, 6) is 0. The lowest BCUT2D eigenvalue weighted by Gasteiger charge is -1.88. The Morgan fingerprint density at radius 2 is 2.30 bits per heavy atom. The van der Waals surface area contributed by atoms with Gasteiger partial charge in [0, 0.05) is 6.20 Å². The molecule has 0 aliphatic carbocycles. The summed E-state index contributed by atoms with van der Waals surface area (Å²) in [5, 5.41) is 0. The standard InChI is InChI=1S/C7H5BrN2/c8-7-6-3-1-2-4-10(6)5-9-7/h1-5H. The summed E-state index contributed by atoms with van der Waals surface area (Å²) in [6.07, 6.45) is 3.74. The molecule has 0 radical (unpaired) electrons. The van der Waals surface area contributed by atoms with E-state index in [1.807, 2.05) is 28.8 Å². The Hall–Kier alpha value is -0.830. The van der Waals surface area contributed by atoms with Gasteiger partial charge >= 0.3 is 0 Å². The van der Waals surface area contributed by atoms with E-state index in [2.05, 4.69) is 20.9 Å². The molecule has 2 aromatic heterocycles. The van der Waals surface area contributed by atoms with Crippen LogP contribution in [0.15, 0.2) is 35.3 Å². The Bertz CT molecular complexity index is 353. The average Bonchev–Trinajstić information content (AvgIpc) is 2.34. The molecule has 0 saturated heterocycles. The fourth-order valence-corrected chi connectivity index (χ4v) is 1.34. The number of aromatic nitrogens is 2. The zero-order valence-corrected chi connectivity index (χ0v) is 6.75. The van der Waals surface area contributed by atoms with Crippen molar-refractivity contribution in [3.63, 3.8) is 0 Å². The third-order valence-corrected chi connectivity index (χ3v) is 2.01. The lowest BCUT2D eigenvalue weighted by molar-refractivity contribution is 1.15. The second kappa shape index (κ2) is 2.09. The number of fused-ring (bicyclic) bond motifs is 1. The maximum atomic E-state index is 4.08. The van der Waals surface area contributed by atoms with E-state index >= 15 is 0 Å². The summed E-state index contributed by atoms with van der Waals surface area (Å²) in [4.78, 5) is 4.08. The predicted octanol–water partition coefficient (Wildman–Crippen LogP) is 2.10. The molecule has 0 spiro atoms. The van der Waals surface area contributed by atoms with Crippen LogP contribution in [0.1, 0.15) is 0 Å². The topological polar surface area (TPSA) is 17.3 Å². The van der Waals surface area contributed by atoms with Crippen molar-refractivity contribution in [2.24, 2.45) is 0 Å². The van der Waals surface area contributed by atoms with Crippen molar-refractivity contribution < 1.29 is 0 Å². The summed E-state index contributed by atoms with van der Waals surface area (Å²) in [7, 11) is 0. The molecular formula is C7H5BrN2. The van der Waals surface area contributed by atoms with Gasteiger partial charge in [0.1, 0.15) is 10.9 Å². The molecule has 3 heteroatoms. The predicted molar refractivity (Wildman–Crippen MR) is 42.9 cm³/mol. The Kier molecular flexibility index (Phi) is 1.24. The molecule has 0 aliphatic rings. The van der Waals surface area contributed by atoms with Crippen molar-refractivity contribution in [2.75, 3.05) is 0 Å². The van der Waals surface area contributed by atoms with Crippen molar-refractivity contribution in [1.29, 1.82) is 0 Å². The number of imidazole rings is 1. The van der Waals surface area contributed by atoms with E-state index in [4.69, 9.17) is 0 Å². The van der Waals surface area contributed by atoms with E-state index in [1.54, 1.807) is 6.33 Å². The van der Waals surface area contributed by atoms with Crippen LogP contribution in [0.4, 0.5) is 0 Å². The maximum Gasteiger partial charge on any atom is 0.131 e. The van der Waals surface area contributed by atoms with Gasteiger partial charge in [0.2, 0.25) is 0 Å². The molecule has 2 nitrogen and oxygen atoms in total. The number of pyridine rings is 1. The first-order valence-corrected chi connectivity index (χ1v) is 3.74. The van der Waals surface area contributed by atoms with Gasteiger partial charge in [0.25, 0.3) is 0 Å². The number of hydrogen-bond acceptors (Lipinski definition) is 1. The summed E-state index contributed by atoms with van der Waals surface area (Å²) in [5.41, 5.74) is 1.10. The summed E-state index contributed by atoms with van der Waals surface area (Å²) in [6, 6.07) is 5.97. The highest BCUT2D eigenvalue weighted by atomic mass is 79.9. The van der Waals surface area contributed by atoms with Crippen LogP contribution in [0.5, 0.6) is 0 Å². The third kappa shape index (κ3) is 0.743. The minimum absolute atomic E-state index is 0.896. The highest BCUT2D eigenvalue weighted by Gasteiger charge is 1.95. The van der Waals surface area contributed by atoms with Crippen molar-refractivity contribution in [2.45, 2.75) is 0 Å². The second-order valence-electron chi connectivity index (χ2n) is 2.03. The van der Waals surface area contributed by atoms with Crippen LogP contribution >= 0.6 is 15.9 Å². The van der Waals surface area contributed by atoms with Gasteiger partial charge in [-0.15, -0.1) is 0 Å². The Morgan fingerprint density at radius 3 is 3.10 bits per heavy atom. The van der Waals surface area contributed by atoms with E-state index in [0.717, 1.165) is 10.1 Å². The van der Waals surface area contributed by atoms with Gasteiger partial charge in [-0.25, -0.2) is 4.98 Å². The molecule has 0 fully saturated rings. The van der Waals surface area contributed by atoms with Crippen LogP contribution in [0.2, 0.25) is 0 Å². The fraction of sp³-hybridized carbons (Fsp3) is 0. The van der Waals surface area contributed by atoms with Crippen molar-refractivity contribution in [3.8, 4) is 0 Å². The smallest absolute Gasteiger partial charge is 0.131 e. The second-order valence-corrected chi connectivity index (χ2v) is 2.78. The van der Waals surface area contributed by atoms with E-state index in [-0.39, 0.29) is 0 Å². The first kappa shape index (κ1) is 5.92. The van der Waals surface area contributed by atoms with Gasteiger partial charge < -0.3 is 4.40 Å². The molecule has 2 rings (SSSR count). The molecule has 0 aliphatic heterocycles. The van der Waals surface area contributed by atoms with Crippen LogP contribution in [0, 0.1) is 0 Å². The quantitative estimate of drug-likeness (QED) is 0.632. The molecule has 0 saturated carbocycles. The molecule has 2 aromatic rings. The lowest BCUT2D eigenvalue weighted by Crippen LogP contribution is -1.76. The molecule has 0 bridgehead atoms. The SMILES string of the molecule is Brc1ncn2ccccc12. The Balaban J connectivity index is 2.93. The van der Waals surface area contributed by atoms with E-state index in [0.29, 0.717) is 0 Å². The van der Waals surface area contributed by atoms with Crippen molar-refractivity contribution >= 4 is 21.4 Å². The molecule has 0 unspecified atom stereocenters. The minimum Gasteiger partial charge on any atom is -0.305 e. The summed E-state index contributed by atoms with van der Waals surface area (Å²) < 4.78 is 2.86. The van der Waals surface area contributed by atoms with Crippen LogP contribution < -0.4 is 0 Å². The van der Waals surface area contributed by atoms with E-state index in [9.17, 15) is 0 Å². The number of nitrogens with zero attached hydrogens (tertiary/aromatic N) is 2. The third-order valence-electron chi connectivity index (χ3n) is 1.40. The highest BCUT2D eigenvalue weighted by Crippen LogP contribution is 2.14. The highest BCUT2D eigenvalue weighted by molar-refractivity contribution is 9.10. The first-order valence-electron chi connectivity index (χ1n) is 2.95. The minimum atomic E-state index is 0.896. The lowest BCUT2D eigenvalue weighted by atomic mass is 10.4. The Labute approximate surface area is 66.6 Å². The number of rotatable bonds is 0. The van der Waals surface area contributed by atoms with Crippen LogP contribution in [-0.2, 0) is 0 Å². The first-order chi connectivity index (χ1) is 4.88. The van der Waals surface area contributed by atoms with Crippen LogP contribution in [-0.4, -0.2) is 9.38 Å². The number of halogens is 1. The normalized spacial score (nSPS) is 10.5. The van der Waals surface area contributed by atoms with Crippen LogP contribution in [0.3, 0.4) is 0 Å². The van der Waals surface area contributed by atoms with Crippen molar-refractivity contribution in [3.05, 3.63) is 35.3 Å². The van der Waals surface area contributed by atoms with Crippen molar-refractivity contribution in [1.82, 2.24) is 9.38 Å². The largest absolute Gasteiger partial charge is 0.305 e. The molecule has 2 heterocycles. The molecule has 0 amide bonds. The molecule has 0 aromatic carbocycles. The fourth-order valence-electron chi connectivity index (χ4n) is 0.910. The van der Waals surface area contributed by atoms with Gasteiger partial charge in [-0.2, -0.15) is 0 Å². The van der Waals surface area contributed by atoms with Crippen LogP contribution in [0.25, 0.3) is 5.52 Å². The summed E-state index contributed by atoms with van der Waals surface area (Å²) >= 11 is 3.33. The maximum absolute atomic E-state index is 4.08. The van der Waals surface area contributed by atoms with E-state index in [1.165, 1.54) is 0 Å². The molecule has 50 valence electrons. The summed E-state index contributed by atoms with van der Waals surface area (Å²) in [6.45, 7) is 0. The zero-order chi connectivity index (χ0) is 6.97. The molecule has 0 N–H and O–H groups in total. The zero-order valence-electron chi connectivity index (χ0n) is 5.16. The average molecular weight is 197 g/mol. The van der Waals surface area contributed by atoms with Gasteiger partial charge in [0.05, 0.1) is 5.52 Å². The van der Waals surface area contributed by atoms with Gasteiger partial charge in [-0.05, 0) is 28.1 Å². The molecular weight excluding hydrogens is 192 g/mol.